The van der Waals surface area contributed by atoms with Crippen molar-refractivity contribution >= 4 is 17.9 Å². The van der Waals surface area contributed by atoms with Gasteiger partial charge in [-0.1, -0.05) is 5.10 Å². The van der Waals surface area contributed by atoms with Crippen molar-refractivity contribution in [1.82, 2.24) is 20.2 Å². The fourth-order valence-electron chi connectivity index (χ4n) is 4.29. The number of aliphatic carboxylic acids is 1. The number of hydrogen-bond donors (Lipinski definition) is 2. The molecule has 1 aliphatic carbocycles. The fourth-order valence-corrected chi connectivity index (χ4v) is 4.29. The Morgan fingerprint density at radius 2 is 1.84 bits per heavy atom. The maximum absolute atomic E-state index is 13.4. The maximum atomic E-state index is 13.4. The second-order valence-corrected chi connectivity index (χ2v) is 8.17. The van der Waals surface area contributed by atoms with Crippen molar-refractivity contribution in [2.24, 2.45) is 5.92 Å². The molecule has 5 rings (SSSR count). The molecule has 1 fully saturated rings. The lowest BCUT2D eigenvalue weighted by Gasteiger charge is -2.12. The SMILES string of the molecule is O=C(O)CC1CCN(c2nnc(-c3cnc(NC4Cc5cc(F)c(F)cc5C4)nc3)o2)C1. The zero-order chi connectivity index (χ0) is 22.2. The number of carboxylic acids is 1. The largest absolute Gasteiger partial charge is 0.481 e. The van der Waals surface area contributed by atoms with E-state index in [-0.39, 0.29) is 24.3 Å². The summed E-state index contributed by atoms with van der Waals surface area (Å²) in [4.78, 5) is 21.4. The van der Waals surface area contributed by atoms with E-state index in [4.69, 9.17) is 9.52 Å². The molecule has 32 heavy (non-hydrogen) atoms. The third-order valence-electron chi connectivity index (χ3n) is 5.84. The number of anilines is 2. The first-order valence-corrected chi connectivity index (χ1v) is 10.3. The van der Waals surface area contributed by atoms with Gasteiger partial charge in [0.1, 0.15) is 0 Å². The molecule has 1 aromatic carbocycles. The lowest BCUT2D eigenvalue weighted by Crippen LogP contribution is -2.21. The zero-order valence-corrected chi connectivity index (χ0v) is 17.0. The molecule has 9 nitrogen and oxygen atoms in total. The van der Waals surface area contributed by atoms with Crippen molar-refractivity contribution in [2.45, 2.75) is 31.7 Å². The van der Waals surface area contributed by atoms with Crippen molar-refractivity contribution in [3.05, 3.63) is 47.3 Å². The molecule has 2 N–H and O–H groups in total. The van der Waals surface area contributed by atoms with E-state index in [1.807, 2.05) is 4.90 Å². The molecule has 0 radical (unpaired) electrons. The number of nitrogens with zero attached hydrogens (tertiary/aromatic N) is 5. The van der Waals surface area contributed by atoms with Crippen LogP contribution in [0.1, 0.15) is 24.0 Å². The maximum Gasteiger partial charge on any atom is 0.318 e. The Kier molecular flexibility index (Phi) is 5.16. The topological polar surface area (TPSA) is 117 Å². The summed E-state index contributed by atoms with van der Waals surface area (Å²) < 4.78 is 32.6. The second-order valence-electron chi connectivity index (χ2n) is 8.17. The van der Waals surface area contributed by atoms with Gasteiger partial charge in [-0.05, 0) is 48.4 Å². The first-order valence-electron chi connectivity index (χ1n) is 10.3. The van der Waals surface area contributed by atoms with Gasteiger partial charge < -0.3 is 19.7 Å². The van der Waals surface area contributed by atoms with Crippen LogP contribution in [0.5, 0.6) is 0 Å². The molecule has 0 amide bonds. The van der Waals surface area contributed by atoms with Crippen molar-refractivity contribution < 1.29 is 23.1 Å². The van der Waals surface area contributed by atoms with E-state index in [0.717, 1.165) is 17.5 Å². The summed E-state index contributed by atoms with van der Waals surface area (Å²) in [6.45, 7) is 1.22. The van der Waals surface area contributed by atoms with E-state index in [0.29, 0.717) is 43.5 Å². The van der Waals surface area contributed by atoms with Gasteiger partial charge in [0.15, 0.2) is 11.6 Å². The summed E-state index contributed by atoms with van der Waals surface area (Å²) in [7, 11) is 0. The normalized spacial score (nSPS) is 18.2. The number of halogens is 2. The first kappa shape index (κ1) is 20.3. The van der Waals surface area contributed by atoms with E-state index in [1.54, 1.807) is 12.4 Å². The zero-order valence-electron chi connectivity index (χ0n) is 17.0. The smallest absolute Gasteiger partial charge is 0.318 e. The van der Waals surface area contributed by atoms with Crippen LogP contribution >= 0.6 is 0 Å². The number of aromatic nitrogens is 4. The van der Waals surface area contributed by atoms with Gasteiger partial charge >= 0.3 is 12.0 Å². The highest BCUT2D eigenvalue weighted by molar-refractivity contribution is 5.67. The average molecular weight is 442 g/mol. The summed E-state index contributed by atoms with van der Waals surface area (Å²) >= 11 is 0. The Hall–Kier alpha value is -3.63. The summed E-state index contributed by atoms with van der Waals surface area (Å²) in [5, 5.41) is 20.2. The van der Waals surface area contributed by atoms with Gasteiger partial charge in [-0.2, -0.15) is 0 Å². The molecular weight excluding hydrogens is 422 g/mol. The Morgan fingerprint density at radius 3 is 2.50 bits per heavy atom. The van der Waals surface area contributed by atoms with E-state index in [2.05, 4.69) is 25.5 Å². The predicted octanol–water partition coefficient (Wildman–Crippen LogP) is 2.69. The first-order chi connectivity index (χ1) is 15.4. The Morgan fingerprint density at radius 1 is 1.16 bits per heavy atom. The third-order valence-corrected chi connectivity index (χ3v) is 5.84. The molecule has 166 valence electrons. The van der Waals surface area contributed by atoms with Gasteiger partial charge in [0, 0.05) is 37.9 Å². The Balaban J connectivity index is 1.21. The van der Waals surface area contributed by atoms with Crippen molar-refractivity contribution in [3.8, 4) is 11.5 Å². The minimum absolute atomic E-state index is 0.0547. The van der Waals surface area contributed by atoms with Gasteiger partial charge in [0.05, 0.1) is 5.56 Å². The van der Waals surface area contributed by atoms with Crippen LogP contribution < -0.4 is 10.2 Å². The minimum Gasteiger partial charge on any atom is -0.481 e. The molecule has 1 saturated heterocycles. The molecule has 0 saturated carbocycles. The molecule has 0 spiro atoms. The molecule has 2 aliphatic rings. The van der Waals surface area contributed by atoms with Crippen LogP contribution in [0.3, 0.4) is 0 Å². The van der Waals surface area contributed by atoms with Gasteiger partial charge in [-0.15, -0.1) is 5.10 Å². The van der Waals surface area contributed by atoms with Gasteiger partial charge in [-0.25, -0.2) is 18.7 Å². The lowest BCUT2D eigenvalue weighted by atomic mass is 10.1. The number of nitrogens with one attached hydrogen (secondary N) is 1. The van der Waals surface area contributed by atoms with Crippen LogP contribution in [0.25, 0.3) is 11.5 Å². The van der Waals surface area contributed by atoms with Crippen molar-refractivity contribution in [2.75, 3.05) is 23.3 Å². The van der Waals surface area contributed by atoms with E-state index >= 15 is 0 Å². The van der Waals surface area contributed by atoms with Gasteiger partial charge in [0.2, 0.25) is 5.95 Å². The molecule has 3 heterocycles. The molecule has 3 aromatic rings. The summed E-state index contributed by atoms with van der Waals surface area (Å²) in [5.74, 6) is -1.76. The van der Waals surface area contributed by atoms with E-state index in [1.165, 1.54) is 12.1 Å². The van der Waals surface area contributed by atoms with Crippen LogP contribution in [0.2, 0.25) is 0 Å². The molecule has 1 atom stereocenters. The summed E-state index contributed by atoms with van der Waals surface area (Å²) in [6.07, 6.45) is 5.12. The molecule has 1 aliphatic heterocycles. The quantitative estimate of drug-likeness (QED) is 0.594. The van der Waals surface area contributed by atoms with Gasteiger partial charge in [0.25, 0.3) is 5.89 Å². The molecule has 1 unspecified atom stereocenters. The second kappa shape index (κ2) is 8.13. The average Bonchev–Trinajstić information content (AvgIpc) is 3.48. The number of fused-ring (bicyclic) bond motifs is 1. The van der Waals surface area contributed by atoms with Crippen LogP contribution in [0, 0.1) is 17.6 Å². The predicted molar refractivity (Wildman–Crippen MR) is 109 cm³/mol. The van der Waals surface area contributed by atoms with Crippen molar-refractivity contribution in [3.63, 3.8) is 0 Å². The van der Waals surface area contributed by atoms with Crippen LogP contribution in [-0.4, -0.2) is 50.4 Å². The minimum atomic E-state index is -0.838. The number of hydrogen-bond acceptors (Lipinski definition) is 8. The molecule has 11 heteroatoms. The molecular formula is C21H20F2N6O3. The monoisotopic (exact) mass is 442 g/mol. The van der Waals surface area contributed by atoms with E-state index < -0.39 is 17.6 Å². The number of carbonyl (C=O) groups is 1. The Labute approximate surface area is 181 Å². The number of carboxylic acid groups (broad SMARTS) is 1. The number of benzene rings is 1. The standard InChI is InChI=1S/C21H20F2N6O3/c22-16-6-12-4-15(5-13(12)7-17(16)23)26-20-24-8-14(9-25-20)19-27-28-21(32-19)29-2-1-11(10-29)3-18(30)31/h6-9,11,15H,1-5,10H2,(H,30,31)(H,24,25,26). The van der Waals surface area contributed by atoms with Crippen LogP contribution in [0.15, 0.2) is 28.9 Å². The Bertz CT molecular complexity index is 1120. The summed E-state index contributed by atoms with van der Waals surface area (Å²) in [5.41, 5.74) is 2.11. The van der Waals surface area contributed by atoms with E-state index in [9.17, 15) is 13.6 Å². The highest BCUT2D eigenvalue weighted by Crippen LogP contribution is 2.28. The third kappa shape index (κ3) is 4.10. The van der Waals surface area contributed by atoms with Gasteiger partial charge in [-0.3, -0.25) is 4.79 Å². The fraction of sp³-hybridized carbons (Fsp3) is 0.381. The highest BCUT2D eigenvalue weighted by Gasteiger charge is 2.28. The van der Waals surface area contributed by atoms with Crippen LogP contribution in [0.4, 0.5) is 20.7 Å². The molecule has 2 aromatic heterocycles. The van der Waals surface area contributed by atoms with Crippen molar-refractivity contribution in [1.29, 1.82) is 0 Å². The lowest BCUT2D eigenvalue weighted by molar-refractivity contribution is -0.137. The van der Waals surface area contributed by atoms with Crippen LogP contribution in [-0.2, 0) is 17.6 Å². The summed E-state index contributed by atoms with van der Waals surface area (Å²) in [6, 6.07) is 2.78. The highest BCUT2D eigenvalue weighted by atomic mass is 19.2. The molecule has 0 bridgehead atoms. The number of rotatable bonds is 6.